The van der Waals surface area contributed by atoms with E-state index < -0.39 is 0 Å². The number of carbonyl (C=O) groups excluding carboxylic acids is 1. The molecule has 2 heteroatoms. The summed E-state index contributed by atoms with van der Waals surface area (Å²) in [5.41, 5.74) is 1.54. The summed E-state index contributed by atoms with van der Waals surface area (Å²) < 4.78 is 0. The summed E-state index contributed by atoms with van der Waals surface area (Å²) in [7, 11) is 0. The van der Waals surface area contributed by atoms with Gasteiger partial charge >= 0.3 is 0 Å². The minimum atomic E-state index is 0.171. The number of benzene rings is 1. The van der Waals surface area contributed by atoms with Crippen molar-refractivity contribution in [3.05, 3.63) is 35.9 Å². The van der Waals surface area contributed by atoms with Gasteiger partial charge in [-0.15, -0.1) is 0 Å². The second-order valence-corrected chi connectivity index (χ2v) is 4.67. The molecule has 2 rings (SSSR count). The molecule has 1 unspecified atom stereocenters. The Morgan fingerprint density at radius 2 is 2.06 bits per heavy atom. The van der Waals surface area contributed by atoms with Gasteiger partial charge in [-0.05, 0) is 18.4 Å². The largest absolute Gasteiger partial charge is 0.355 e. The number of amides is 1. The van der Waals surface area contributed by atoms with Crippen LogP contribution in [0.5, 0.6) is 0 Å². The van der Waals surface area contributed by atoms with Crippen molar-refractivity contribution in [3.63, 3.8) is 0 Å². The first-order valence-electron chi connectivity index (χ1n) is 6.09. The van der Waals surface area contributed by atoms with E-state index in [0.29, 0.717) is 6.42 Å². The highest BCUT2D eigenvalue weighted by atomic mass is 16.1. The Hall–Kier alpha value is -1.31. The second kappa shape index (κ2) is 4.69. The molecule has 1 N–H and O–H groups in total. The van der Waals surface area contributed by atoms with E-state index in [9.17, 15) is 4.79 Å². The van der Waals surface area contributed by atoms with Crippen LogP contribution in [0.25, 0.3) is 0 Å². The Morgan fingerprint density at radius 1 is 1.31 bits per heavy atom. The molecule has 0 saturated carbocycles. The van der Waals surface area contributed by atoms with Crippen LogP contribution in [0.4, 0.5) is 0 Å². The third-order valence-electron chi connectivity index (χ3n) is 3.57. The molecule has 1 saturated heterocycles. The summed E-state index contributed by atoms with van der Waals surface area (Å²) in [5.74, 6) is 0.197. The summed E-state index contributed by atoms with van der Waals surface area (Å²) in [6, 6.07) is 10.6. The molecule has 1 aliphatic heterocycles. The molecule has 1 aromatic carbocycles. The number of rotatable bonds is 3. The third-order valence-corrected chi connectivity index (χ3v) is 3.57. The van der Waals surface area contributed by atoms with Crippen LogP contribution in [-0.2, 0) is 10.2 Å². The van der Waals surface area contributed by atoms with E-state index in [2.05, 4.69) is 36.5 Å². The molecule has 1 atom stereocenters. The van der Waals surface area contributed by atoms with Gasteiger partial charge in [-0.25, -0.2) is 0 Å². The van der Waals surface area contributed by atoms with Gasteiger partial charge in [0.25, 0.3) is 0 Å². The SMILES string of the molecule is CCCC1(c2ccccc2)CCC(=O)NC1. The Kier molecular flexibility index (Phi) is 3.28. The minimum Gasteiger partial charge on any atom is -0.355 e. The highest BCUT2D eigenvalue weighted by molar-refractivity contribution is 5.77. The minimum absolute atomic E-state index is 0.171. The van der Waals surface area contributed by atoms with Gasteiger partial charge in [0.1, 0.15) is 0 Å². The van der Waals surface area contributed by atoms with Crippen LogP contribution in [0.15, 0.2) is 30.3 Å². The molecule has 0 bridgehead atoms. The first-order valence-corrected chi connectivity index (χ1v) is 6.09. The molecule has 0 aliphatic carbocycles. The summed E-state index contributed by atoms with van der Waals surface area (Å²) in [6.07, 6.45) is 3.95. The van der Waals surface area contributed by atoms with E-state index in [-0.39, 0.29) is 11.3 Å². The van der Waals surface area contributed by atoms with Crippen molar-refractivity contribution >= 4 is 5.91 Å². The highest BCUT2D eigenvalue weighted by Gasteiger charge is 2.35. The molecule has 86 valence electrons. The van der Waals surface area contributed by atoms with Crippen LogP contribution in [0.2, 0.25) is 0 Å². The van der Waals surface area contributed by atoms with E-state index >= 15 is 0 Å². The molecule has 1 amide bonds. The van der Waals surface area contributed by atoms with Gasteiger partial charge in [-0.1, -0.05) is 43.7 Å². The Labute approximate surface area is 97.1 Å². The highest BCUT2D eigenvalue weighted by Crippen LogP contribution is 2.35. The maximum absolute atomic E-state index is 11.3. The normalized spacial score (nSPS) is 25.2. The van der Waals surface area contributed by atoms with Gasteiger partial charge in [0, 0.05) is 18.4 Å². The molecule has 2 nitrogen and oxygen atoms in total. The lowest BCUT2D eigenvalue weighted by atomic mass is 9.71. The number of carbonyl (C=O) groups is 1. The fraction of sp³-hybridized carbons (Fsp3) is 0.500. The fourth-order valence-corrected chi connectivity index (χ4v) is 2.67. The average Bonchev–Trinajstić information content (AvgIpc) is 2.34. The molecule has 1 heterocycles. The molecule has 1 fully saturated rings. The van der Waals surface area contributed by atoms with Gasteiger partial charge < -0.3 is 5.32 Å². The molecule has 1 aromatic rings. The zero-order valence-electron chi connectivity index (χ0n) is 9.83. The van der Waals surface area contributed by atoms with Gasteiger partial charge in [0.15, 0.2) is 0 Å². The van der Waals surface area contributed by atoms with E-state index in [1.54, 1.807) is 0 Å². The number of hydrogen-bond acceptors (Lipinski definition) is 1. The quantitative estimate of drug-likeness (QED) is 0.828. The van der Waals surface area contributed by atoms with Crippen molar-refractivity contribution in [2.24, 2.45) is 0 Å². The van der Waals surface area contributed by atoms with Gasteiger partial charge in [0.2, 0.25) is 5.91 Å². The Balaban J connectivity index is 2.25. The van der Waals surface area contributed by atoms with Crippen molar-refractivity contribution < 1.29 is 4.79 Å². The molecular weight excluding hydrogens is 198 g/mol. The summed E-state index contributed by atoms with van der Waals surface area (Å²) in [4.78, 5) is 11.3. The monoisotopic (exact) mass is 217 g/mol. The topological polar surface area (TPSA) is 29.1 Å². The van der Waals surface area contributed by atoms with Crippen molar-refractivity contribution in [3.8, 4) is 0 Å². The summed E-state index contributed by atoms with van der Waals surface area (Å²) in [6.45, 7) is 3.00. The molecule has 16 heavy (non-hydrogen) atoms. The third kappa shape index (κ3) is 2.11. The lowest BCUT2D eigenvalue weighted by Gasteiger charge is -2.37. The predicted molar refractivity (Wildman–Crippen MR) is 65.3 cm³/mol. The molecule has 0 spiro atoms. The molecule has 1 aliphatic rings. The van der Waals surface area contributed by atoms with Crippen LogP contribution >= 0.6 is 0 Å². The second-order valence-electron chi connectivity index (χ2n) is 4.67. The maximum atomic E-state index is 11.3. The first kappa shape index (κ1) is 11.2. The average molecular weight is 217 g/mol. The van der Waals surface area contributed by atoms with Crippen molar-refractivity contribution in [1.29, 1.82) is 0 Å². The standard InChI is InChI=1S/C14H19NO/c1-2-9-14(10-8-13(16)15-11-14)12-6-4-3-5-7-12/h3-7H,2,8-11H2,1H3,(H,15,16). The van der Waals surface area contributed by atoms with E-state index in [0.717, 1.165) is 25.8 Å². The van der Waals surface area contributed by atoms with E-state index in [1.165, 1.54) is 5.56 Å². The fourth-order valence-electron chi connectivity index (χ4n) is 2.67. The van der Waals surface area contributed by atoms with Gasteiger partial charge in [-0.2, -0.15) is 0 Å². The summed E-state index contributed by atoms with van der Waals surface area (Å²) in [5, 5.41) is 3.02. The lowest BCUT2D eigenvalue weighted by Crippen LogP contribution is -2.46. The number of hydrogen-bond donors (Lipinski definition) is 1. The van der Waals surface area contributed by atoms with Crippen LogP contribution in [-0.4, -0.2) is 12.5 Å². The zero-order chi connectivity index (χ0) is 11.4. The van der Waals surface area contributed by atoms with Crippen molar-refractivity contribution in [2.75, 3.05) is 6.54 Å². The van der Waals surface area contributed by atoms with Crippen LogP contribution in [0, 0.1) is 0 Å². The Bertz CT molecular complexity index is 348. The predicted octanol–water partition coefficient (Wildman–Crippen LogP) is 2.63. The van der Waals surface area contributed by atoms with E-state index in [4.69, 9.17) is 0 Å². The van der Waals surface area contributed by atoms with Gasteiger partial charge in [0.05, 0.1) is 0 Å². The molecule has 0 radical (unpaired) electrons. The van der Waals surface area contributed by atoms with Gasteiger partial charge in [-0.3, -0.25) is 4.79 Å². The first-order chi connectivity index (χ1) is 7.77. The molecular formula is C14H19NO. The van der Waals surface area contributed by atoms with E-state index in [1.807, 2.05) is 6.07 Å². The van der Waals surface area contributed by atoms with Crippen molar-refractivity contribution in [1.82, 2.24) is 5.32 Å². The summed E-state index contributed by atoms with van der Waals surface area (Å²) >= 11 is 0. The molecule has 0 aromatic heterocycles. The Morgan fingerprint density at radius 3 is 2.62 bits per heavy atom. The number of nitrogens with one attached hydrogen (secondary N) is 1. The number of piperidine rings is 1. The lowest BCUT2D eigenvalue weighted by molar-refractivity contribution is -0.123. The smallest absolute Gasteiger partial charge is 0.220 e. The zero-order valence-corrected chi connectivity index (χ0v) is 9.83. The van der Waals surface area contributed by atoms with Crippen LogP contribution < -0.4 is 5.32 Å². The van der Waals surface area contributed by atoms with Crippen LogP contribution in [0.3, 0.4) is 0 Å². The van der Waals surface area contributed by atoms with Crippen LogP contribution in [0.1, 0.15) is 38.2 Å². The van der Waals surface area contributed by atoms with Crippen molar-refractivity contribution in [2.45, 2.75) is 38.0 Å². The maximum Gasteiger partial charge on any atom is 0.220 e.